The topological polar surface area (TPSA) is 50.2 Å². The predicted octanol–water partition coefficient (Wildman–Crippen LogP) is 3.37. The molecule has 0 saturated carbocycles. The number of halogens is 4. The summed E-state index contributed by atoms with van der Waals surface area (Å²) in [5.74, 6) is -1.42. The summed E-state index contributed by atoms with van der Waals surface area (Å²) in [5.41, 5.74) is -0.696. The van der Waals surface area contributed by atoms with E-state index in [4.69, 9.17) is 5.11 Å². The highest BCUT2D eigenvalue weighted by atomic mass is 79.9. The third-order valence-electron chi connectivity index (χ3n) is 1.68. The lowest BCUT2D eigenvalue weighted by molar-refractivity contribution is 0.0681. The fourth-order valence-electron chi connectivity index (χ4n) is 1.00. The molecule has 1 rings (SSSR count). The van der Waals surface area contributed by atoms with Gasteiger partial charge in [0.05, 0.1) is 0 Å². The number of rotatable bonds is 3. The molecule has 0 saturated heterocycles. The number of carboxylic acids is 1. The van der Waals surface area contributed by atoms with Gasteiger partial charge in [-0.05, 0) is 21.5 Å². The molecule has 1 N–H and O–H groups in total. The molecule has 1 heterocycles. The summed E-state index contributed by atoms with van der Waals surface area (Å²) in [6.45, 7) is 0. The minimum Gasteiger partial charge on any atom is -0.478 e. The monoisotopic (exact) mass is 343 g/mol. The van der Waals surface area contributed by atoms with Crippen molar-refractivity contribution in [2.24, 2.45) is 0 Å². The Labute approximate surface area is 101 Å². The van der Waals surface area contributed by atoms with Crippen LogP contribution in [-0.4, -0.2) is 16.1 Å². The van der Waals surface area contributed by atoms with Gasteiger partial charge in [0.25, 0.3) is 6.43 Å². The molecule has 82 valence electrons. The van der Waals surface area contributed by atoms with Gasteiger partial charge in [0.1, 0.15) is 11.3 Å². The van der Waals surface area contributed by atoms with Gasteiger partial charge in [-0.1, -0.05) is 15.9 Å². The smallest absolute Gasteiger partial charge is 0.338 e. The number of hydrogen-bond acceptors (Lipinski definition) is 2. The molecule has 1 aromatic rings. The van der Waals surface area contributed by atoms with E-state index in [9.17, 15) is 13.6 Å². The van der Waals surface area contributed by atoms with Gasteiger partial charge in [0, 0.05) is 16.0 Å². The van der Waals surface area contributed by atoms with Crippen LogP contribution >= 0.6 is 31.9 Å². The summed E-state index contributed by atoms with van der Waals surface area (Å²) in [6, 6.07) is 0. The summed E-state index contributed by atoms with van der Waals surface area (Å²) in [6.07, 6.45) is -1.69. The molecule has 1 aromatic heterocycles. The van der Waals surface area contributed by atoms with Crippen LogP contribution in [0.2, 0.25) is 0 Å². The van der Waals surface area contributed by atoms with Crippen LogP contribution in [0.15, 0.2) is 10.7 Å². The van der Waals surface area contributed by atoms with Gasteiger partial charge < -0.3 is 5.11 Å². The first-order chi connectivity index (χ1) is 6.99. The van der Waals surface area contributed by atoms with Crippen LogP contribution in [0.25, 0.3) is 0 Å². The van der Waals surface area contributed by atoms with Crippen molar-refractivity contribution >= 4 is 37.8 Å². The number of carboxylic acid groups (broad SMARTS) is 1. The van der Waals surface area contributed by atoms with Gasteiger partial charge in [-0.15, -0.1) is 0 Å². The van der Waals surface area contributed by atoms with Gasteiger partial charge in [-0.2, -0.15) is 0 Å². The second-order valence-corrected chi connectivity index (χ2v) is 3.95. The van der Waals surface area contributed by atoms with E-state index in [1.165, 1.54) is 6.20 Å². The number of nitrogens with zero attached hydrogens (tertiary/aromatic N) is 1. The number of carbonyl (C=O) groups is 1. The zero-order valence-electron chi connectivity index (χ0n) is 7.18. The predicted molar refractivity (Wildman–Crippen MR) is 56.5 cm³/mol. The second kappa shape index (κ2) is 4.98. The van der Waals surface area contributed by atoms with E-state index < -0.39 is 23.7 Å². The van der Waals surface area contributed by atoms with Crippen LogP contribution in [0, 0.1) is 0 Å². The SMILES string of the molecule is O=C(O)c1c(C(F)F)ncc(CBr)c1Br. The molecule has 7 heteroatoms. The summed E-state index contributed by atoms with van der Waals surface area (Å²) in [4.78, 5) is 14.2. The molecular formula is C8H5Br2F2NO2. The van der Waals surface area contributed by atoms with Gasteiger partial charge in [0.2, 0.25) is 0 Å². The van der Waals surface area contributed by atoms with E-state index in [2.05, 4.69) is 36.8 Å². The molecule has 3 nitrogen and oxygen atoms in total. The lowest BCUT2D eigenvalue weighted by Crippen LogP contribution is -2.08. The van der Waals surface area contributed by atoms with Crippen molar-refractivity contribution in [2.75, 3.05) is 0 Å². The zero-order chi connectivity index (χ0) is 11.6. The standard InChI is InChI=1S/C8H5Br2F2NO2/c9-1-3-2-13-6(7(11)12)4(5(3)10)8(14)15/h2,7H,1H2,(H,14,15). The molecule has 0 amide bonds. The molecule has 0 radical (unpaired) electrons. The molecule has 0 aliphatic carbocycles. The highest BCUT2D eigenvalue weighted by molar-refractivity contribution is 9.10. The maximum Gasteiger partial charge on any atom is 0.338 e. The maximum absolute atomic E-state index is 12.4. The zero-order valence-corrected chi connectivity index (χ0v) is 10.3. The second-order valence-electron chi connectivity index (χ2n) is 2.60. The Morgan fingerprint density at radius 3 is 2.60 bits per heavy atom. The first-order valence-corrected chi connectivity index (χ1v) is 5.65. The summed E-state index contributed by atoms with van der Waals surface area (Å²) in [5, 5.41) is 9.13. The Morgan fingerprint density at radius 2 is 2.20 bits per heavy atom. The van der Waals surface area contributed by atoms with Crippen molar-refractivity contribution in [1.82, 2.24) is 4.98 Å². The Bertz CT molecular complexity index is 398. The molecule has 0 bridgehead atoms. The maximum atomic E-state index is 12.4. The fraction of sp³-hybridized carbons (Fsp3) is 0.250. The molecule has 15 heavy (non-hydrogen) atoms. The molecule has 0 fully saturated rings. The van der Waals surface area contributed by atoms with Crippen LogP contribution < -0.4 is 0 Å². The van der Waals surface area contributed by atoms with Crippen LogP contribution in [0.4, 0.5) is 8.78 Å². The third-order valence-corrected chi connectivity index (χ3v) is 3.19. The molecule has 0 atom stereocenters. The number of alkyl halides is 3. The summed E-state index contributed by atoms with van der Waals surface area (Å²) < 4.78 is 25.0. The van der Waals surface area contributed by atoms with Crippen molar-refractivity contribution in [3.8, 4) is 0 Å². The van der Waals surface area contributed by atoms with Crippen molar-refractivity contribution < 1.29 is 18.7 Å². The average molecular weight is 345 g/mol. The Balaban J connectivity index is 3.44. The highest BCUT2D eigenvalue weighted by Gasteiger charge is 2.24. The molecule has 0 aliphatic rings. The van der Waals surface area contributed by atoms with Gasteiger partial charge in [0.15, 0.2) is 0 Å². The van der Waals surface area contributed by atoms with E-state index in [0.29, 0.717) is 10.9 Å². The number of pyridine rings is 1. The lowest BCUT2D eigenvalue weighted by atomic mass is 10.1. The van der Waals surface area contributed by atoms with Crippen LogP contribution in [0.1, 0.15) is 28.0 Å². The summed E-state index contributed by atoms with van der Waals surface area (Å²) in [7, 11) is 0. The fourth-order valence-corrected chi connectivity index (χ4v) is 2.42. The normalized spacial score (nSPS) is 10.7. The quantitative estimate of drug-likeness (QED) is 0.855. The third kappa shape index (κ3) is 2.52. The Kier molecular flexibility index (Phi) is 4.15. The van der Waals surface area contributed by atoms with Crippen LogP contribution in [-0.2, 0) is 5.33 Å². The van der Waals surface area contributed by atoms with Crippen LogP contribution in [0.3, 0.4) is 0 Å². The highest BCUT2D eigenvalue weighted by Crippen LogP contribution is 2.30. The first kappa shape index (κ1) is 12.5. The molecule has 0 spiro atoms. The van der Waals surface area contributed by atoms with Crippen molar-refractivity contribution in [2.45, 2.75) is 11.8 Å². The van der Waals surface area contributed by atoms with E-state index in [1.807, 2.05) is 0 Å². The van der Waals surface area contributed by atoms with E-state index in [0.717, 1.165) is 0 Å². The van der Waals surface area contributed by atoms with Crippen LogP contribution in [0.5, 0.6) is 0 Å². The number of aromatic carboxylic acids is 1. The van der Waals surface area contributed by atoms with E-state index in [1.54, 1.807) is 0 Å². The largest absolute Gasteiger partial charge is 0.478 e. The number of hydrogen-bond donors (Lipinski definition) is 1. The summed E-state index contributed by atoms with van der Waals surface area (Å²) >= 11 is 6.08. The molecular weight excluding hydrogens is 340 g/mol. The lowest BCUT2D eigenvalue weighted by Gasteiger charge is -2.08. The van der Waals surface area contributed by atoms with Crippen molar-refractivity contribution in [3.05, 3.63) is 27.5 Å². The van der Waals surface area contributed by atoms with E-state index >= 15 is 0 Å². The Hall–Kier alpha value is -0.560. The first-order valence-electron chi connectivity index (χ1n) is 3.73. The molecule has 0 unspecified atom stereocenters. The molecule has 0 aliphatic heterocycles. The van der Waals surface area contributed by atoms with Crippen molar-refractivity contribution in [3.63, 3.8) is 0 Å². The average Bonchev–Trinajstić information content (AvgIpc) is 2.16. The van der Waals surface area contributed by atoms with E-state index in [-0.39, 0.29) is 4.47 Å². The van der Waals surface area contributed by atoms with Gasteiger partial charge in [-0.3, -0.25) is 4.98 Å². The van der Waals surface area contributed by atoms with Gasteiger partial charge >= 0.3 is 5.97 Å². The molecule has 0 aromatic carbocycles. The number of aromatic nitrogens is 1. The van der Waals surface area contributed by atoms with Crippen molar-refractivity contribution in [1.29, 1.82) is 0 Å². The minimum absolute atomic E-state index is 0.136. The minimum atomic E-state index is -2.91. The Morgan fingerprint density at radius 1 is 1.60 bits per heavy atom. The van der Waals surface area contributed by atoms with Gasteiger partial charge in [-0.25, -0.2) is 13.6 Å².